The molecule has 2 unspecified atom stereocenters. The van der Waals surface area contributed by atoms with E-state index in [4.69, 9.17) is 4.74 Å². The summed E-state index contributed by atoms with van der Waals surface area (Å²) in [6.45, 7) is 2.45. The van der Waals surface area contributed by atoms with Crippen molar-refractivity contribution in [2.24, 2.45) is 0 Å². The molecule has 0 amide bonds. The van der Waals surface area contributed by atoms with Gasteiger partial charge >= 0.3 is 0 Å². The molecule has 0 radical (unpaired) electrons. The second kappa shape index (κ2) is 6.91. The van der Waals surface area contributed by atoms with Crippen LogP contribution in [-0.4, -0.2) is 35.3 Å². The van der Waals surface area contributed by atoms with Crippen molar-refractivity contribution in [1.82, 2.24) is 15.3 Å². The van der Waals surface area contributed by atoms with Gasteiger partial charge in [-0.15, -0.1) is 22.7 Å². The van der Waals surface area contributed by atoms with Crippen molar-refractivity contribution in [3.63, 3.8) is 0 Å². The second-order valence-corrected chi connectivity index (χ2v) is 9.77. The zero-order valence-corrected chi connectivity index (χ0v) is 17.5. The van der Waals surface area contributed by atoms with Gasteiger partial charge in [0.05, 0.1) is 28.0 Å². The van der Waals surface area contributed by atoms with Gasteiger partial charge in [0.15, 0.2) is 11.6 Å². The number of thiazole rings is 1. The van der Waals surface area contributed by atoms with Gasteiger partial charge in [0.25, 0.3) is 0 Å². The smallest absolute Gasteiger partial charge is 0.176 e. The highest BCUT2D eigenvalue weighted by Gasteiger charge is 2.46. The summed E-state index contributed by atoms with van der Waals surface area (Å²) in [6.07, 6.45) is 3.71. The van der Waals surface area contributed by atoms with Crippen molar-refractivity contribution in [2.75, 3.05) is 25.1 Å². The summed E-state index contributed by atoms with van der Waals surface area (Å²) in [4.78, 5) is 10.6. The van der Waals surface area contributed by atoms with E-state index in [1.807, 2.05) is 0 Å². The molecule has 154 valence electrons. The quantitative estimate of drug-likeness (QED) is 0.457. The van der Waals surface area contributed by atoms with E-state index in [9.17, 15) is 8.78 Å². The molecule has 1 spiro atoms. The maximum absolute atomic E-state index is 14.9. The van der Waals surface area contributed by atoms with Gasteiger partial charge in [0.2, 0.25) is 0 Å². The van der Waals surface area contributed by atoms with Gasteiger partial charge in [0, 0.05) is 29.0 Å². The average molecular weight is 445 g/mol. The zero-order chi connectivity index (χ0) is 20.3. The Balaban J connectivity index is 1.41. The number of nitrogens with zero attached hydrogens (tertiary/aromatic N) is 2. The summed E-state index contributed by atoms with van der Waals surface area (Å²) in [5.74, 6) is -0.952. The van der Waals surface area contributed by atoms with Crippen molar-refractivity contribution >= 4 is 54.5 Å². The predicted octanol–water partition coefficient (Wildman–Crippen LogP) is 5.16. The molecule has 2 atom stereocenters. The number of nitrogens with one attached hydrogen (secondary N) is 2. The van der Waals surface area contributed by atoms with Gasteiger partial charge in [-0.3, -0.25) is 0 Å². The van der Waals surface area contributed by atoms with Crippen LogP contribution in [0.5, 0.6) is 0 Å². The lowest BCUT2D eigenvalue weighted by Gasteiger charge is -2.28. The van der Waals surface area contributed by atoms with E-state index in [2.05, 4.69) is 26.7 Å². The van der Waals surface area contributed by atoms with Crippen LogP contribution in [0, 0.1) is 11.6 Å². The lowest BCUT2D eigenvalue weighted by Crippen LogP contribution is -2.44. The van der Waals surface area contributed by atoms with Crippen LogP contribution in [0.4, 0.5) is 20.2 Å². The van der Waals surface area contributed by atoms with E-state index in [1.54, 1.807) is 23.6 Å². The van der Waals surface area contributed by atoms with Gasteiger partial charge in [-0.1, -0.05) is 0 Å². The van der Waals surface area contributed by atoms with Gasteiger partial charge < -0.3 is 15.4 Å². The van der Waals surface area contributed by atoms with Gasteiger partial charge in [-0.25, -0.2) is 18.7 Å². The number of pyridine rings is 1. The molecule has 2 aliphatic rings. The number of fused-ring (bicyclic) bond motifs is 2. The van der Waals surface area contributed by atoms with Crippen molar-refractivity contribution in [2.45, 2.75) is 24.3 Å². The lowest BCUT2D eigenvalue weighted by molar-refractivity contribution is 0.168. The number of aromatic nitrogens is 2. The average Bonchev–Trinajstić information content (AvgIpc) is 3.52. The second-order valence-electron chi connectivity index (χ2n) is 7.82. The summed E-state index contributed by atoms with van der Waals surface area (Å²) in [6, 6.07) is 5.19. The van der Waals surface area contributed by atoms with Crippen LogP contribution in [0.3, 0.4) is 0 Å². The van der Waals surface area contributed by atoms with Crippen LogP contribution in [0.15, 0.2) is 29.9 Å². The zero-order valence-electron chi connectivity index (χ0n) is 15.9. The Bertz CT molecular complexity index is 1260. The van der Waals surface area contributed by atoms with Crippen LogP contribution in [0.2, 0.25) is 0 Å². The van der Waals surface area contributed by atoms with E-state index in [-0.39, 0.29) is 16.7 Å². The Morgan fingerprint density at radius 1 is 1.27 bits per heavy atom. The highest BCUT2D eigenvalue weighted by Crippen LogP contribution is 2.46. The number of hydrogen-bond donors (Lipinski definition) is 2. The Hall–Kier alpha value is -2.20. The van der Waals surface area contributed by atoms with Crippen molar-refractivity contribution in [1.29, 1.82) is 0 Å². The molecule has 3 aromatic heterocycles. The third-order valence-corrected chi connectivity index (χ3v) is 8.14. The number of anilines is 2. The fraction of sp³-hybridized carbons (Fsp3) is 0.333. The lowest BCUT2D eigenvalue weighted by atomic mass is 9.83. The number of halogens is 2. The third-order valence-electron chi connectivity index (χ3n) is 6.21. The molecule has 5 heterocycles. The topological polar surface area (TPSA) is 59.1 Å². The summed E-state index contributed by atoms with van der Waals surface area (Å²) < 4.78 is 35.7. The van der Waals surface area contributed by atoms with Gasteiger partial charge in [0.1, 0.15) is 16.0 Å². The predicted molar refractivity (Wildman–Crippen MR) is 116 cm³/mol. The minimum Gasteiger partial charge on any atom is -0.379 e. The van der Waals surface area contributed by atoms with Crippen molar-refractivity contribution in [3.05, 3.63) is 46.4 Å². The van der Waals surface area contributed by atoms with Crippen LogP contribution in [0.25, 0.3) is 20.4 Å². The summed E-state index contributed by atoms with van der Waals surface area (Å²) in [5, 5.41) is 7.49. The molecule has 2 aliphatic heterocycles. The molecule has 2 saturated heterocycles. The SMILES string of the molecule is Fc1cc2scnc2c(F)c1Nc1ccnc2sc(C3CCNC34CCOC4)cc12. The van der Waals surface area contributed by atoms with Crippen LogP contribution in [-0.2, 0) is 4.74 Å². The molecule has 30 heavy (non-hydrogen) atoms. The number of benzene rings is 1. The molecule has 2 fully saturated rings. The minimum atomic E-state index is -0.672. The first-order valence-electron chi connectivity index (χ1n) is 9.84. The Morgan fingerprint density at radius 2 is 2.20 bits per heavy atom. The molecule has 4 aromatic rings. The van der Waals surface area contributed by atoms with E-state index in [0.29, 0.717) is 22.9 Å². The molecule has 2 N–H and O–H groups in total. The number of ether oxygens (including phenoxy) is 1. The summed E-state index contributed by atoms with van der Waals surface area (Å²) >= 11 is 2.86. The normalized spacial score (nSPS) is 23.9. The standard InChI is InChI=1S/C21H18F2N4OS2/c22-13-8-16-19(25-10-29-16)17(23)18(13)27-14-2-4-24-20-11(14)7-15(30-20)12-1-5-26-21(12)3-6-28-9-21/h2,4,7-8,10,12,26H,1,3,5-6,9H2,(H,24,27). The fourth-order valence-corrected chi connectivity index (χ4v) is 6.67. The van der Waals surface area contributed by atoms with Crippen LogP contribution < -0.4 is 10.6 Å². The molecular formula is C21H18F2N4OS2. The van der Waals surface area contributed by atoms with E-state index < -0.39 is 11.6 Å². The summed E-state index contributed by atoms with van der Waals surface area (Å²) in [5.41, 5.74) is 2.14. The first-order chi connectivity index (χ1) is 14.6. The monoisotopic (exact) mass is 444 g/mol. The van der Waals surface area contributed by atoms with E-state index in [0.717, 1.165) is 36.2 Å². The van der Waals surface area contributed by atoms with E-state index in [1.165, 1.54) is 27.8 Å². The molecule has 0 aliphatic carbocycles. The maximum atomic E-state index is 14.9. The number of thiophene rings is 1. The first kappa shape index (κ1) is 18.6. The highest BCUT2D eigenvalue weighted by molar-refractivity contribution is 7.18. The summed E-state index contributed by atoms with van der Waals surface area (Å²) in [7, 11) is 0. The minimum absolute atomic E-state index is 0.0116. The Morgan fingerprint density at radius 3 is 3.07 bits per heavy atom. The molecule has 1 aromatic carbocycles. The Kier molecular flexibility index (Phi) is 4.28. The first-order valence-corrected chi connectivity index (χ1v) is 11.5. The van der Waals surface area contributed by atoms with Gasteiger partial charge in [-0.05, 0) is 37.6 Å². The Labute approximate surface area is 179 Å². The van der Waals surface area contributed by atoms with Crippen LogP contribution >= 0.6 is 22.7 Å². The number of hydrogen-bond acceptors (Lipinski definition) is 7. The molecule has 6 rings (SSSR count). The van der Waals surface area contributed by atoms with Gasteiger partial charge in [-0.2, -0.15) is 0 Å². The highest BCUT2D eigenvalue weighted by atomic mass is 32.1. The molecule has 0 saturated carbocycles. The van der Waals surface area contributed by atoms with E-state index >= 15 is 0 Å². The van der Waals surface area contributed by atoms with Crippen molar-refractivity contribution in [3.8, 4) is 0 Å². The third kappa shape index (κ3) is 2.76. The molecule has 9 heteroatoms. The molecule has 5 nitrogen and oxygen atoms in total. The fourth-order valence-electron chi connectivity index (χ4n) is 4.70. The number of rotatable bonds is 3. The largest absolute Gasteiger partial charge is 0.379 e. The van der Waals surface area contributed by atoms with Crippen LogP contribution in [0.1, 0.15) is 23.6 Å². The molecular weight excluding hydrogens is 426 g/mol. The molecule has 0 bridgehead atoms. The maximum Gasteiger partial charge on any atom is 0.176 e. The van der Waals surface area contributed by atoms with Crippen molar-refractivity contribution < 1.29 is 13.5 Å².